The average molecular weight is 332 g/mol. The van der Waals surface area contributed by atoms with Gasteiger partial charge in [0.25, 0.3) is 0 Å². The van der Waals surface area contributed by atoms with Gasteiger partial charge in [-0.3, -0.25) is 0 Å². The lowest BCUT2D eigenvalue weighted by Gasteiger charge is -2.25. The van der Waals surface area contributed by atoms with E-state index in [0.29, 0.717) is 13.2 Å². The third-order valence-electron chi connectivity index (χ3n) is 2.77. The second-order valence-electron chi connectivity index (χ2n) is 4.17. The summed E-state index contributed by atoms with van der Waals surface area (Å²) in [7, 11) is 3.41. The van der Waals surface area contributed by atoms with Crippen molar-refractivity contribution >= 4 is 21.7 Å². The van der Waals surface area contributed by atoms with Gasteiger partial charge >= 0.3 is 0 Å². The summed E-state index contributed by atoms with van der Waals surface area (Å²) in [6.07, 6.45) is 2.74. The Labute approximate surface area is 123 Å². The van der Waals surface area contributed by atoms with Crippen LogP contribution in [-0.4, -0.2) is 45.5 Å². The molecule has 6 heteroatoms. The molecule has 19 heavy (non-hydrogen) atoms. The van der Waals surface area contributed by atoms with E-state index in [4.69, 9.17) is 15.2 Å². The van der Waals surface area contributed by atoms with E-state index in [1.807, 2.05) is 6.07 Å². The fourth-order valence-corrected chi connectivity index (χ4v) is 2.21. The van der Waals surface area contributed by atoms with Crippen molar-refractivity contribution in [3.63, 3.8) is 0 Å². The minimum atomic E-state index is 0.468. The first kappa shape index (κ1) is 16.4. The van der Waals surface area contributed by atoms with Crippen LogP contribution < -0.4 is 10.6 Å². The summed E-state index contributed by atoms with van der Waals surface area (Å²) in [5, 5.41) is 0. The topological polar surface area (TPSA) is 60.6 Å². The van der Waals surface area contributed by atoms with Crippen molar-refractivity contribution in [3.8, 4) is 0 Å². The van der Waals surface area contributed by atoms with Crippen LogP contribution in [0.3, 0.4) is 0 Å². The van der Waals surface area contributed by atoms with Crippen LogP contribution in [0.15, 0.2) is 16.7 Å². The summed E-state index contributed by atoms with van der Waals surface area (Å²) >= 11 is 3.42. The van der Waals surface area contributed by atoms with Gasteiger partial charge in [-0.1, -0.05) is 0 Å². The quantitative estimate of drug-likeness (QED) is 0.699. The number of halogens is 1. The minimum Gasteiger partial charge on any atom is -0.385 e. The molecule has 0 unspecified atom stereocenters. The predicted octanol–water partition coefficient (Wildman–Crippen LogP) is 1.79. The van der Waals surface area contributed by atoms with Gasteiger partial charge in [-0.2, -0.15) is 0 Å². The largest absolute Gasteiger partial charge is 0.385 e. The smallest absolute Gasteiger partial charge is 0.133 e. The fraction of sp³-hybridized carbons (Fsp3) is 0.615. The van der Waals surface area contributed by atoms with Crippen LogP contribution in [0.4, 0.5) is 5.82 Å². The summed E-state index contributed by atoms with van der Waals surface area (Å²) in [5.41, 5.74) is 6.83. The van der Waals surface area contributed by atoms with E-state index in [2.05, 4.69) is 25.8 Å². The SMILES string of the molecule is COCCCN(CCOC)c1ncc(Br)cc1CN. The fourth-order valence-electron chi connectivity index (χ4n) is 1.83. The molecule has 0 aromatic carbocycles. The maximum Gasteiger partial charge on any atom is 0.133 e. The standard InChI is InChI=1S/C13H22BrN3O2/c1-18-6-3-4-17(5-7-19-2)13-11(9-15)8-12(14)10-16-13/h8,10H,3-7,9,15H2,1-2H3. The molecule has 0 radical (unpaired) electrons. The van der Waals surface area contributed by atoms with Gasteiger partial charge in [0.1, 0.15) is 5.82 Å². The van der Waals surface area contributed by atoms with Crippen molar-refractivity contribution in [2.75, 3.05) is 45.4 Å². The van der Waals surface area contributed by atoms with Crippen LogP contribution in [0.1, 0.15) is 12.0 Å². The molecule has 108 valence electrons. The van der Waals surface area contributed by atoms with Crippen LogP contribution in [-0.2, 0) is 16.0 Å². The molecule has 1 heterocycles. The number of hydrogen-bond donors (Lipinski definition) is 1. The highest BCUT2D eigenvalue weighted by atomic mass is 79.9. The van der Waals surface area contributed by atoms with Crippen molar-refractivity contribution in [3.05, 3.63) is 22.3 Å². The molecular weight excluding hydrogens is 310 g/mol. The zero-order valence-corrected chi connectivity index (χ0v) is 13.1. The molecule has 0 saturated heterocycles. The van der Waals surface area contributed by atoms with Crippen molar-refractivity contribution in [2.24, 2.45) is 5.73 Å². The molecule has 0 aliphatic heterocycles. The number of rotatable bonds is 9. The highest BCUT2D eigenvalue weighted by molar-refractivity contribution is 9.10. The molecule has 0 spiro atoms. The van der Waals surface area contributed by atoms with Gasteiger partial charge in [0.2, 0.25) is 0 Å². The van der Waals surface area contributed by atoms with Gasteiger partial charge in [0.05, 0.1) is 6.61 Å². The first-order valence-electron chi connectivity index (χ1n) is 6.30. The Morgan fingerprint density at radius 3 is 2.63 bits per heavy atom. The van der Waals surface area contributed by atoms with E-state index in [-0.39, 0.29) is 0 Å². The number of hydrogen-bond acceptors (Lipinski definition) is 5. The van der Waals surface area contributed by atoms with Crippen molar-refractivity contribution < 1.29 is 9.47 Å². The van der Waals surface area contributed by atoms with Crippen molar-refractivity contribution in [2.45, 2.75) is 13.0 Å². The zero-order chi connectivity index (χ0) is 14.1. The molecule has 0 bridgehead atoms. The number of ether oxygens (including phenoxy) is 2. The summed E-state index contributed by atoms with van der Waals surface area (Å²) < 4.78 is 11.2. The van der Waals surface area contributed by atoms with Crippen LogP contribution >= 0.6 is 15.9 Å². The predicted molar refractivity (Wildman–Crippen MR) is 80.4 cm³/mol. The number of methoxy groups -OCH3 is 2. The van der Waals surface area contributed by atoms with E-state index in [1.54, 1.807) is 20.4 Å². The molecule has 1 rings (SSSR count). The number of anilines is 1. The minimum absolute atomic E-state index is 0.468. The Kier molecular flexibility index (Phi) is 7.97. The zero-order valence-electron chi connectivity index (χ0n) is 11.6. The highest BCUT2D eigenvalue weighted by Gasteiger charge is 2.12. The van der Waals surface area contributed by atoms with E-state index in [9.17, 15) is 0 Å². The maximum atomic E-state index is 5.80. The van der Waals surface area contributed by atoms with Crippen LogP contribution in [0.5, 0.6) is 0 Å². The summed E-state index contributed by atoms with van der Waals surface area (Å²) in [6, 6.07) is 2.01. The first-order chi connectivity index (χ1) is 9.22. The molecule has 1 aromatic heterocycles. The number of nitrogens with zero attached hydrogens (tertiary/aromatic N) is 2. The first-order valence-corrected chi connectivity index (χ1v) is 7.09. The monoisotopic (exact) mass is 331 g/mol. The van der Waals surface area contributed by atoms with Gasteiger partial charge in [-0.05, 0) is 28.4 Å². The molecule has 0 aliphatic rings. The normalized spacial score (nSPS) is 10.7. The van der Waals surface area contributed by atoms with Gasteiger partial charge < -0.3 is 20.1 Å². The Bertz CT molecular complexity index is 377. The third kappa shape index (κ3) is 5.44. The van der Waals surface area contributed by atoms with Crippen LogP contribution in [0, 0.1) is 0 Å². The van der Waals surface area contributed by atoms with Crippen LogP contribution in [0.25, 0.3) is 0 Å². The number of aromatic nitrogens is 1. The molecule has 0 saturated carbocycles. The Hall–Kier alpha value is -0.690. The molecule has 1 aromatic rings. The molecular formula is C13H22BrN3O2. The Balaban J connectivity index is 2.82. The lowest BCUT2D eigenvalue weighted by molar-refractivity contribution is 0.191. The van der Waals surface area contributed by atoms with E-state index < -0.39 is 0 Å². The number of nitrogens with two attached hydrogens (primary N) is 1. The van der Waals surface area contributed by atoms with Crippen molar-refractivity contribution in [1.82, 2.24) is 4.98 Å². The highest BCUT2D eigenvalue weighted by Crippen LogP contribution is 2.21. The van der Waals surface area contributed by atoms with Gasteiger partial charge in [-0.15, -0.1) is 0 Å². The second kappa shape index (κ2) is 9.25. The van der Waals surface area contributed by atoms with E-state index >= 15 is 0 Å². The molecule has 2 N–H and O–H groups in total. The van der Waals surface area contributed by atoms with E-state index in [0.717, 1.165) is 42.0 Å². The van der Waals surface area contributed by atoms with Gasteiger partial charge in [0.15, 0.2) is 0 Å². The lowest BCUT2D eigenvalue weighted by Crippen LogP contribution is -2.31. The maximum absolute atomic E-state index is 5.80. The van der Waals surface area contributed by atoms with Crippen molar-refractivity contribution in [1.29, 1.82) is 0 Å². The van der Waals surface area contributed by atoms with Crippen LogP contribution in [0.2, 0.25) is 0 Å². The third-order valence-corrected chi connectivity index (χ3v) is 3.20. The Morgan fingerprint density at radius 1 is 1.26 bits per heavy atom. The van der Waals surface area contributed by atoms with Gasteiger partial charge in [-0.25, -0.2) is 4.98 Å². The Morgan fingerprint density at radius 2 is 2.00 bits per heavy atom. The number of pyridine rings is 1. The molecule has 0 aliphatic carbocycles. The summed E-state index contributed by atoms with van der Waals surface area (Å²) in [4.78, 5) is 6.68. The summed E-state index contributed by atoms with van der Waals surface area (Å²) in [5.74, 6) is 0.929. The molecule has 0 fully saturated rings. The average Bonchev–Trinajstić information content (AvgIpc) is 2.43. The van der Waals surface area contributed by atoms with E-state index in [1.165, 1.54) is 0 Å². The molecule has 0 atom stereocenters. The second-order valence-corrected chi connectivity index (χ2v) is 5.08. The summed E-state index contributed by atoms with van der Waals surface area (Å²) in [6.45, 7) is 3.53. The lowest BCUT2D eigenvalue weighted by atomic mass is 10.2. The molecule has 0 amide bonds. The molecule has 5 nitrogen and oxygen atoms in total. The van der Waals surface area contributed by atoms with Gasteiger partial charge in [0, 0.05) is 56.7 Å².